The summed E-state index contributed by atoms with van der Waals surface area (Å²) in [5.41, 5.74) is 7.72. The molecule has 0 spiro atoms. The minimum Gasteiger partial charge on any atom is -0.322 e. The molecule has 0 aliphatic rings. The maximum absolute atomic E-state index is 10.5. The first-order valence-corrected chi connectivity index (χ1v) is 6.79. The highest BCUT2D eigenvalue weighted by molar-refractivity contribution is 7.80. The first kappa shape index (κ1) is 14.0. The maximum Gasteiger partial charge on any atom is 0.259 e. The third-order valence-electron chi connectivity index (χ3n) is 2.23. The molecule has 0 saturated heterocycles. The Labute approximate surface area is 104 Å². The molecule has 0 fully saturated rings. The third kappa shape index (κ3) is 6.25. The molecule has 0 amide bonds. The van der Waals surface area contributed by atoms with Crippen LogP contribution in [0, 0.1) is 0 Å². The van der Waals surface area contributed by atoms with E-state index in [1.165, 1.54) is 12.8 Å². The van der Waals surface area contributed by atoms with Crippen molar-refractivity contribution >= 4 is 22.6 Å². The van der Waals surface area contributed by atoms with E-state index in [-0.39, 0.29) is 0 Å². The van der Waals surface area contributed by atoms with Gasteiger partial charge in [0.1, 0.15) is 0 Å². The van der Waals surface area contributed by atoms with Crippen LogP contribution in [0.1, 0.15) is 26.2 Å². The van der Waals surface area contributed by atoms with Crippen LogP contribution in [-0.4, -0.2) is 15.3 Å². The Kier molecular flexibility index (Phi) is 6.61. The van der Waals surface area contributed by atoms with Crippen molar-refractivity contribution in [1.82, 2.24) is 5.43 Å². The Balaban J connectivity index is 2.28. The van der Waals surface area contributed by atoms with Crippen LogP contribution >= 0.6 is 0 Å². The van der Waals surface area contributed by atoms with Crippen LogP contribution in [0.15, 0.2) is 24.3 Å². The fourth-order valence-electron chi connectivity index (χ4n) is 1.35. The molecule has 0 aromatic heterocycles. The Hall–Kier alpha value is -1.11. The second-order valence-electron chi connectivity index (χ2n) is 3.69. The molecule has 1 unspecified atom stereocenters. The summed E-state index contributed by atoms with van der Waals surface area (Å²) in [6.07, 6.45) is 3.58. The molecule has 6 heteroatoms. The fourth-order valence-corrected chi connectivity index (χ4v) is 1.69. The van der Waals surface area contributed by atoms with Gasteiger partial charge in [0, 0.05) is 17.9 Å². The molecule has 1 aromatic rings. The van der Waals surface area contributed by atoms with Gasteiger partial charge in [-0.05, 0) is 30.7 Å². The van der Waals surface area contributed by atoms with Gasteiger partial charge in [0.25, 0.3) is 11.3 Å². The molecule has 1 atom stereocenters. The molecular weight excluding hydrogens is 238 g/mol. The van der Waals surface area contributed by atoms with Crippen molar-refractivity contribution in [3.05, 3.63) is 24.3 Å². The lowest BCUT2D eigenvalue weighted by Crippen LogP contribution is -2.22. The van der Waals surface area contributed by atoms with Gasteiger partial charge in [0.05, 0.1) is 0 Å². The van der Waals surface area contributed by atoms with Crippen LogP contribution in [-0.2, 0) is 11.3 Å². The lowest BCUT2D eigenvalue weighted by Gasteiger charge is -2.08. The molecule has 0 bridgehead atoms. The van der Waals surface area contributed by atoms with Crippen molar-refractivity contribution < 1.29 is 8.76 Å². The molecule has 0 heterocycles. The summed E-state index contributed by atoms with van der Waals surface area (Å²) in [6.45, 7) is 3.10. The number of anilines is 2. The van der Waals surface area contributed by atoms with E-state index < -0.39 is 11.3 Å². The van der Waals surface area contributed by atoms with Gasteiger partial charge in [-0.25, -0.2) is 9.63 Å². The number of hydrogen-bond acceptors (Lipinski definition) is 3. The van der Waals surface area contributed by atoms with E-state index >= 15 is 0 Å². The van der Waals surface area contributed by atoms with Gasteiger partial charge in [-0.2, -0.15) is 0 Å². The summed E-state index contributed by atoms with van der Waals surface area (Å²) < 4.78 is 21.5. The minimum atomic E-state index is -2.02. The quantitative estimate of drug-likeness (QED) is 0.328. The number of rotatable bonds is 8. The van der Waals surface area contributed by atoms with Gasteiger partial charge in [0.2, 0.25) is 0 Å². The third-order valence-corrected chi connectivity index (χ3v) is 2.64. The largest absolute Gasteiger partial charge is 0.322 e. The second kappa shape index (κ2) is 8.05. The van der Waals surface area contributed by atoms with E-state index in [4.69, 9.17) is 4.55 Å². The Morgan fingerprint density at radius 1 is 1.18 bits per heavy atom. The molecule has 96 valence electrons. The molecule has 17 heavy (non-hydrogen) atoms. The normalized spacial score (nSPS) is 12.1. The fraction of sp³-hybridized carbons (Fsp3) is 0.455. The lowest BCUT2D eigenvalue weighted by atomic mass is 10.2. The zero-order valence-electron chi connectivity index (χ0n) is 9.90. The number of nitrogens with one attached hydrogen (secondary N) is 3. The van der Waals surface area contributed by atoms with Crippen molar-refractivity contribution in [1.29, 1.82) is 0 Å². The maximum atomic E-state index is 10.5. The van der Waals surface area contributed by atoms with Crippen molar-refractivity contribution in [3.63, 3.8) is 0 Å². The second-order valence-corrected chi connectivity index (χ2v) is 4.39. The highest BCUT2D eigenvalue weighted by Gasteiger charge is 1.95. The number of hydrogen-bond donors (Lipinski definition) is 4. The predicted molar refractivity (Wildman–Crippen MR) is 72.0 cm³/mol. The molecule has 0 saturated carbocycles. The Bertz CT molecular complexity index is 343. The molecule has 1 aromatic carbocycles. The molecule has 0 radical (unpaired) electrons. The van der Waals surface area contributed by atoms with Crippen LogP contribution < -0.4 is 15.6 Å². The van der Waals surface area contributed by atoms with Gasteiger partial charge in [0.15, 0.2) is 0 Å². The summed E-state index contributed by atoms with van der Waals surface area (Å²) >= 11 is -2.02. The minimum absolute atomic E-state index is 0.613. The summed E-state index contributed by atoms with van der Waals surface area (Å²) in [4.78, 5) is 0. The van der Waals surface area contributed by atoms with Crippen molar-refractivity contribution in [3.8, 4) is 0 Å². The van der Waals surface area contributed by atoms with Crippen LogP contribution in [0.4, 0.5) is 11.4 Å². The SMILES string of the molecule is CCCCCNNc1ccc(NS(=O)O)cc1. The molecule has 1 rings (SSSR count). The molecule has 0 aliphatic heterocycles. The predicted octanol–water partition coefficient (Wildman–Crippen LogP) is 2.34. The average Bonchev–Trinajstić information content (AvgIpc) is 2.30. The van der Waals surface area contributed by atoms with E-state index in [1.807, 2.05) is 12.1 Å². The van der Waals surface area contributed by atoms with E-state index in [9.17, 15) is 4.21 Å². The molecule has 5 nitrogen and oxygen atoms in total. The zero-order valence-corrected chi connectivity index (χ0v) is 10.7. The van der Waals surface area contributed by atoms with Crippen molar-refractivity contribution in [2.45, 2.75) is 26.2 Å². The number of hydrazine groups is 1. The van der Waals surface area contributed by atoms with E-state index in [0.717, 1.165) is 18.7 Å². The van der Waals surface area contributed by atoms with E-state index in [0.29, 0.717) is 5.69 Å². The van der Waals surface area contributed by atoms with E-state index in [2.05, 4.69) is 22.5 Å². The smallest absolute Gasteiger partial charge is 0.259 e. The van der Waals surface area contributed by atoms with Crippen LogP contribution in [0.5, 0.6) is 0 Å². The van der Waals surface area contributed by atoms with Crippen LogP contribution in [0.3, 0.4) is 0 Å². The van der Waals surface area contributed by atoms with Crippen LogP contribution in [0.2, 0.25) is 0 Å². The highest BCUT2D eigenvalue weighted by Crippen LogP contribution is 2.12. The molecular formula is C11H19N3O2S. The average molecular weight is 257 g/mol. The van der Waals surface area contributed by atoms with Gasteiger partial charge in [-0.15, -0.1) is 0 Å². The van der Waals surface area contributed by atoms with Crippen LogP contribution in [0.25, 0.3) is 0 Å². The first-order valence-electron chi connectivity index (χ1n) is 5.69. The van der Waals surface area contributed by atoms with Crippen molar-refractivity contribution in [2.24, 2.45) is 0 Å². The topological polar surface area (TPSA) is 73.4 Å². The summed E-state index contributed by atoms with van der Waals surface area (Å²) in [6, 6.07) is 7.15. The van der Waals surface area contributed by atoms with Gasteiger partial charge in [-0.1, -0.05) is 19.8 Å². The summed E-state index contributed by atoms with van der Waals surface area (Å²) in [5.74, 6) is 0. The standard InChI is InChI=1S/C11H19N3O2S/c1-2-3-4-9-12-13-10-5-7-11(8-6-10)14-17(15)16/h5-8,12-14H,2-4,9H2,1H3,(H,15,16). The zero-order chi connectivity index (χ0) is 12.5. The molecule has 0 aliphatic carbocycles. The summed E-state index contributed by atoms with van der Waals surface area (Å²) in [7, 11) is 0. The Morgan fingerprint density at radius 3 is 2.41 bits per heavy atom. The van der Waals surface area contributed by atoms with Gasteiger partial charge in [-0.3, -0.25) is 9.27 Å². The highest BCUT2D eigenvalue weighted by atomic mass is 32.2. The number of unbranched alkanes of at least 4 members (excludes halogenated alkanes) is 2. The Morgan fingerprint density at radius 2 is 1.82 bits per heavy atom. The summed E-state index contributed by atoms with van der Waals surface area (Å²) in [5, 5.41) is 0. The monoisotopic (exact) mass is 257 g/mol. The van der Waals surface area contributed by atoms with Gasteiger partial charge >= 0.3 is 0 Å². The van der Waals surface area contributed by atoms with Crippen molar-refractivity contribution in [2.75, 3.05) is 16.7 Å². The lowest BCUT2D eigenvalue weighted by molar-refractivity contribution is 0.570. The molecule has 4 N–H and O–H groups in total. The van der Waals surface area contributed by atoms with E-state index in [1.54, 1.807) is 12.1 Å². The van der Waals surface area contributed by atoms with Gasteiger partial charge < -0.3 is 5.43 Å². The first-order chi connectivity index (χ1) is 8.22. The number of benzene rings is 1.